The highest BCUT2D eigenvalue weighted by Gasteiger charge is 2.28. The molecule has 0 spiro atoms. The minimum atomic E-state index is -0.220. The lowest BCUT2D eigenvalue weighted by atomic mass is 10.1. The molecule has 0 radical (unpaired) electrons. The van der Waals surface area contributed by atoms with E-state index in [4.69, 9.17) is 4.52 Å². The van der Waals surface area contributed by atoms with Crippen LogP contribution in [-0.2, 0) is 13.0 Å². The first kappa shape index (κ1) is 15.7. The summed E-state index contributed by atoms with van der Waals surface area (Å²) in [6.07, 6.45) is 4.25. The zero-order valence-electron chi connectivity index (χ0n) is 12.7. The molecule has 2 heterocycles. The number of aromatic nitrogens is 1. The van der Waals surface area contributed by atoms with Crippen molar-refractivity contribution < 1.29 is 8.91 Å². The molecule has 0 unspecified atom stereocenters. The molecule has 1 saturated heterocycles. The van der Waals surface area contributed by atoms with E-state index in [1.807, 2.05) is 12.1 Å². The molecule has 0 aliphatic carbocycles. The average molecular weight is 367 g/mol. The van der Waals surface area contributed by atoms with Gasteiger partial charge in [-0.25, -0.2) is 4.39 Å². The second-order valence-electron chi connectivity index (χ2n) is 5.85. The molecule has 1 aliphatic heterocycles. The lowest BCUT2D eigenvalue weighted by Crippen LogP contribution is -2.23. The molecule has 0 amide bonds. The van der Waals surface area contributed by atoms with Gasteiger partial charge in [0.05, 0.1) is 10.5 Å². The van der Waals surface area contributed by atoms with Crippen molar-refractivity contribution in [2.75, 3.05) is 6.54 Å². The van der Waals surface area contributed by atoms with Crippen molar-refractivity contribution in [3.63, 3.8) is 0 Å². The predicted octanol–water partition coefficient (Wildman–Crippen LogP) is 4.87. The van der Waals surface area contributed by atoms with Crippen molar-refractivity contribution in [3.8, 4) is 0 Å². The number of likely N-dealkylation sites (tertiary alicyclic amines) is 1. The van der Waals surface area contributed by atoms with Crippen LogP contribution < -0.4 is 0 Å². The van der Waals surface area contributed by atoms with Crippen LogP contribution in [0.1, 0.15) is 49.2 Å². The first-order valence-corrected chi connectivity index (χ1v) is 8.60. The third-order valence-corrected chi connectivity index (χ3v) is 4.76. The number of benzene rings is 1. The van der Waals surface area contributed by atoms with Crippen LogP contribution in [0.25, 0.3) is 0 Å². The molecule has 2 aromatic rings. The minimum Gasteiger partial charge on any atom is -0.361 e. The van der Waals surface area contributed by atoms with Crippen LogP contribution in [0.3, 0.4) is 0 Å². The zero-order valence-corrected chi connectivity index (χ0v) is 14.3. The Morgan fingerprint density at radius 3 is 3.05 bits per heavy atom. The van der Waals surface area contributed by atoms with Gasteiger partial charge in [0.2, 0.25) is 0 Å². The summed E-state index contributed by atoms with van der Waals surface area (Å²) in [5.41, 5.74) is 2.14. The Bertz CT molecular complexity index is 643. The Labute approximate surface area is 138 Å². The van der Waals surface area contributed by atoms with Gasteiger partial charge in [-0.15, -0.1) is 0 Å². The molecule has 118 valence electrons. The van der Waals surface area contributed by atoms with Gasteiger partial charge in [0.1, 0.15) is 17.3 Å². The first-order valence-electron chi connectivity index (χ1n) is 7.81. The standard InChI is InChI=1S/C17H20BrFN2O/c1-2-4-13-10-16(20-22-13)17-5-3-8-21(17)11-12-6-7-15(19)14(18)9-12/h6-7,9-10,17H,2-5,8,11H2,1H3/t17-/m1/s1. The van der Waals surface area contributed by atoms with Crippen molar-refractivity contribution in [2.45, 2.75) is 45.2 Å². The van der Waals surface area contributed by atoms with Crippen LogP contribution in [0, 0.1) is 5.82 Å². The maximum Gasteiger partial charge on any atom is 0.137 e. The van der Waals surface area contributed by atoms with Gasteiger partial charge in [-0.2, -0.15) is 0 Å². The number of hydrogen-bond acceptors (Lipinski definition) is 3. The summed E-state index contributed by atoms with van der Waals surface area (Å²) in [5.74, 6) is 0.747. The van der Waals surface area contributed by atoms with Crippen molar-refractivity contribution in [3.05, 3.63) is 51.6 Å². The summed E-state index contributed by atoms with van der Waals surface area (Å²) in [6, 6.07) is 7.61. The molecule has 1 atom stereocenters. The van der Waals surface area contributed by atoms with E-state index in [1.165, 1.54) is 6.07 Å². The molecule has 3 rings (SSSR count). The predicted molar refractivity (Wildman–Crippen MR) is 87.0 cm³/mol. The van der Waals surface area contributed by atoms with Gasteiger partial charge in [0.15, 0.2) is 0 Å². The quantitative estimate of drug-likeness (QED) is 0.755. The normalized spacial score (nSPS) is 19.0. The highest BCUT2D eigenvalue weighted by molar-refractivity contribution is 9.10. The van der Waals surface area contributed by atoms with E-state index in [1.54, 1.807) is 0 Å². The van der Waals surface area contributed by atoms with Gasteiger partial charge in [0, 0.05) is 19.0 Å². The minimum absolute atomic E-state index is 0.220. The van der Waals surface area contributed by atoms with Gasteiger partial charge >= 0.3 is 0 Å². The molecule has 0 saturated carbocycles. The number of rotatable bonds is 5. The average Bonchev–Trinajstić information content (AvgIpc) is 3.12. The molecule has 1 aliphatic rings. The van der Waals surface area contributed by atoms with E-state index < -0.39 is 0 Å². The molecule has 5 heteroatoms. The van der Waals surface area contributed by atoms with Gasteiger partial charge in [0.25, 0.3) is 0 Å². The lowest BCUT2D eigenvalue weighted by Gasteiger charge is -2.22. The molecular formula is C17H20BrFN2O. The van der Waals surface area contributed by atoms with Crippen LogP contribution in [0.5, 0.6) is 0 Å². The summed E-state index contributed by atoms with van der Waals surface area (Å²) in [7, 11) is 0. The van der Waals surface area contributed by atoms with E-state index in [2.05, 4.69) is 39.0 Å². The second-order valence-corrected chi connectivity index (χ2v) is 6.70. The maximum absolute atomic E-state index is 13.3. The van der Waals surface area contributed by atoms with Gasteiger partial charge in [-0.1, -0.05) is 18.1 Å². The smallest absolute Gasteiger partial charge is 0.137 e. The van der Waals surface area contributed by atoms with Crippen LogP contribution in [0.2, 0.25) is 0 Å². The van der Waals surface area contributed by atoms with Gasteiger partial charge < -0.3 is 4.52 Å². The molecule has 1 aromatic heterocycles. The van der Waals surface area contributed by atoms with Crippen molar-refractivity contribution in [1.82, 2.24) is 10.1 Å². The van der Waals surface area contributed by atoms with E-state index in [0.29, 0.717) is 10.5 Å². The van der Waals surface area contributed by atoms with Crippen molar-refractivity contribution in [2.24, 2.45) is 0 Å². The fraction of sp³-hybridized carbons (Fsp3) is 0.471. The number of hydrogen-bond donors (Lipinski definition) is 0. The summed E-state index contributed by atoms with van der Waals surface area (Å²) >= 11 is 3.26. The second kappa shape index (κ2) is 6.92. The summed E-state index contributed by atoms with van der Waals surface area (Å²) < 4.78 is 19.3. The van der Waals surface area contributed by atoms with Gasteiger partial charge in [-0.3, -0.25) is 4.90 Å². The summed E-state index contributed by atoms with van der Waals surface area (Å²) in [4.78, 5) is 2.40. The summed E-state index contributed by atoms with van der Waals surface area (Å²) in [6.45, 7) is 3.98. The third-order valence-electron chi connectivity index (χ3n) is 4.15. The van der Waals surface area contributed by atoms with Crippen LogP contribution in [-0.4, -0.2) is 16.6 Å². The highest BCUT2D eigenvalue weighted by atomic mass is 79.9. The fourth-order valence-electron chi connectivity index (χ4n) is 3.07. The van der Waals surface area contributed by atoms with E-state index in [0.717, 1.165) is 55.8 Å². The Hall–Kier alpha value is -1.20. The Balaban J connectivity index is 1.73. The topological polar surface area (TPSA) is 29.3 Å². The monoisotopic (exact) mass is 366 g/mol. The Morgan fingerprint density at radius 1 is 1.41 bits per heavy atom. The van der Waals surface area contributed by atoms with Crippen molar-refractivity contribution in [1.29, 1.82) is 0 Å². The van der Waals surface area contributed by atoms with Crippen LogP contribution >= 0.6 is 15.9 Å². The third kappa shape index (κ3) is 3.41. The fourth-order valence-corrected chi connectivity index (χ4v) is 3.50. The van der Waals surface area contributed by atoms with Crippen LogP contribution in [0.4, 0.5) is 4.39 Å². The van der Waals surface area contributed by atoms with E-state index in [-0.39, 0.29) is 5.82 Å². The molecule has 22 heavy (non-hydrogen) atoms. The van der Waals surface area contributed by atoms with Crippen molar-refractivity contribution >= 4 is 15.9 Å². The lowest BCUT2D eigenvalue weighted by molar-refractivity contribution is 0.236. The molecular weight excluding hydrogens is 347 g/mol. The molecule has 1 fully saturated rings. The highest BCUT2D eigenvalue weighted by Crippen LogP contribution is 2.33. The Kier molecular flexibility index (Phi) is 4.93. The molecule has 0 bridgehead atoms. The van der Waals surface area contributed by atoms with E-state index >= 15 is 0 Å². The number of halogens is 2. The van der Waals surface area contributed by atoms with Gasteiger partial charge in [-0.05, 0) is 59.4 Å². The number of aryl methyl sites for hydroxylation is 1. The zero-order chi connectivity index (χ0) is 15.5. The maximum atomic E-state index is 13.3. The van der Waals surface area contributed by atoms with E-state index in [9.17, 15) is 4.39 Å². The summed E-state index contributed by atoms with van der Waals surface area (Å²) in [5, 5.41) is 4.25. The SMILES string of the molecule is CCCc1cc([C@H]2CCCN2Cc2ccc(F)c(Br)c2)no1. The molecule has 3 nitrogen and oxygen atoms in total. The largest absolute Gasteiger partial charge is 0.361 e. The van der Waals surface area contributed by atoms with Crippen LogP contribution in [0.15, 0.2) is 33.3 Å². The molecule has 1 aromatic carbocycles. The molecule has 0 N–H and O–H groups in total. The Morgan fingerprint density at radius 2 is 2.27 bits per heavy atom. The first-order chi connectivity index (χ1) is 10.7. The number of nitrogens with zero attached hydrogens (tertiary/aromatic N) is 2.